The van der Waals surface area contributed by atoms with E-state index in [9.17, 15) is 14.0 Å². The van der Waals surface area contributed by atoms with Crippen molar-refractivity contribution in [1.82, 2.24) is 10.6 Å². The quantitative estimate of drug-likeness (QED) is 0.721. The van der Waals surface area contributed by atoms with E-state index in [1.165, 1.54) is 6.92 Å². The highest BCUT2D eigenvalue weighted by atomic mass is 32.1. The van der Waals surface area contributed by atoms with Crippen LogP contribution in [0.3, 0.4) is 0 Å². The van der Waals surface area contributed by atoms with Crippen LogP contribution in [0.25, 0.3) is 0 Å². The normalized spacial score (nSPS) is 11.8. The Labute approximate surface area is 123 Å². The average molecular weight is 298 g/mol. The molecule has 6 heteroatoms. The molecule has 0 aliphatic heterocycles. The second kappa shape index (κ2) is 7.28. The van der Waals surface area contributed by atoms with Crippen molar-refractivity contribution in [2.45, 2.75) is 33.4 Å². The lowest BCUT2D eigenvalue weighted by Crippen LogP contribution is -2.47. The first-order valence-corrected chi connectivity index (χ1v) is 6.89. The van der Waals surface area contributed by atoms with Gasteiger partial charge in [0, 0.05) is 19.2 Å². The summed E-state index contributed by atoms with van der Waals surface area (Å²) in [7, 11) is 0. The van der Waals surface area contributed by atoms with Crippen LogP contribution < -0.4 is 10.6 Å². The van der Waals surface area contributed by atoms with Crippen LogP contribution in [0, 0.1) is 19.7 Å². The Hall–Kier alpha value is -1.56. The van der Waals surface area contributed by atoms with Gasteiger partial charge in [-0.15, -0.1) is 0 Å². The van der Waals surface area contributed by atoms with Gasteiger partial charge in [-0.25, -0.2) is 4.39 Å². The monoisotopic (exact) mass is 298 g/mol. The van der Waals surface area contributed by atoms with Crippen molar-refractivity contribution in [3.63, 3.8) is 0 Å². The summed E-state index contributed by atoms with van der Waals surface area (Å²) in [6, 6.07) is 2.71. The number of carbonyl (C=O) groups is 2. The summed E-state index contributed by atoms with van der Waals surface area (Å²) < 4.78 is 13.5. The highest BCUT2D eigenvalue weighted by Crippen LogP contribution is 2.14. The van der Waals surface area contributed by atoms with Crippen molar-refractivity contribution < 1.29 is 14.0 Å². The van der Waals surface area contributed by atoms with Gasteiger partial charge < -0.3 is 10.6 Å². The molecule has 1 atom stereocenters. The Morgan fingerprint density at radius 3 is 2.30 bits per heavy atom. The molecule has 1 unspecified atom stereocenters. The first-order valence-electron chi connectivity index (χ1n) is 6.26. The van der Waals surface area contributed by atoms with Gasteiger partial charge >= 0.3 is 0 Å². The van der Waals surface area contributed by atoms with E-state index in [2.05, 4.69) is 23.3 Å². The zero-order chi connectivity index (χ0) is 15.3. The number of benzene rings is 1. The van der Waals surface area contributed by atoms with E-state index in [1.807, 2.05) is 0 Å². The van der Waals surface area contributed by atoms with Crippen molar-refractivity contribution in [2.75, 3.05) is 5.75 Å². The second-order valence-electron chi connectivity index (χ2n) is 4.70. The lowest BCUT2D eigenvalue weighted by Gasteiger charge is -2.15. The fourth-order valence-corrected chi connectivity index (χ4v) is 2.15. The van der Waals surface area contributed by atoms with E-state index in [4.69, 9.17) is 0 Å². The van der Waals surface area contributed by atoms with E-state index in [0.29, 0.717) is 11.1 Å². The Kier molecular flexibility index (Phi) is 6.01. The summed E-state index contributed by atoms with van der Waals surface area (Å²) in [6.07, 6.45) is 0. The van der Waals surface area contributed by atoms with Gasteiger partial charge in [0.2, 0.25) is 11.8 Å². The van der Waals surface area contributed by atoms with E-state index < -0.39 is 6.04 Å². The largest absolute Gasteiger partial charge is 0.350 e. The van der Waals surface area contributed by atoms with Crippen molar-refractivity contribution in [2.24, 2.45) is 0 Å². The summed E-state index contributed by atoms with van der Waals surface area (Å²) in [6.45, 7) is 4.99. The molecule has 2 amide bonds. The van der Waals surface area contributed by atoms with Gasteiger partial charge in [0.25, 0.3) is 0 Å². The molecule has 1 aromatic rings. The molecule has 0 aliphatic carbocycles. The fourth-order valence-electron chi connectivity index (χ4n) is 1.89. The third-order valence-corrected chi connectivity index (χ3v) is 3.20. The third-order valence-electron chi connectivity index (χ3n) is 2.84. The van der Waals surface area contributed by atoms with Gasteiger partial charge in [0.15, 0.2) is 0 Å². The molecule has 0 saturated carbocycles. The van der Waals surface area contributed by atoms with Crippen LogP contribution in [-0.2, 0) is 16.1 Å². The Morgan fingerprint density at radius 1 is 1.30 bits per heavy atom. The number of aryl methyl sites for hydroxylation is 2. The molecule has 0 spiro atoms. The van der Waals surface area contributed by atoms with Crippen LogP contribution in [0.5, 0.6) is 0 Å². The van der Waals surface area contributed by atoms with Crippen LogP contribution in [-0.4, -0.2) is 23.6 Å². The third kappa shape index (κ3) is 4.52. The lowest BCUT2D eigenvalue weighted by molar-refractivity contribution is -0.127. The lowest BCUT2D eigenvalue weighted by atomic mass is 10.1. The van der Waals surface area contributed by atoms with Gasteiger partial charge in [-0.3, -0.25) is 9.59 Å². The first kappa shape index (κ1) is 16.5. The minimum atomic E-state index is -0.668. The summed E-state index contributed by atoms with van der Waals surface area (Å²) in [5, 5.41) is 5.21. The smallest absolute Gasteiger partial charge is 0.243 e. The zero-order valence-corrected chi connectivity index (χ0v) is 12.7. The predicted octanol–water partition coefficient (Wildman–Crippen LogP) is 1.49. The van der Waals surface area contributed by atoms with Crippen molar-refractivity contribution >= 4 is 24.4 Å². The van der Waals surface area contributed by atoms with E-state index in [-0.39, 0.29) is 29.9 Å². The number of halogens is 1. The van der Waals surface area contributed by atoms with Crippen molar-refractivity contribution in [3.8, 4) is 0 Å². The summed E-state index contributed by atoms with van der Waals surface area (Å²) in [5.41, 5.74) is 1.90. The fraction of sp³-hybridized carbons (Fsp3) is 0.429. The molecule has 20 heavy (non-hydrogen) atoms. The van der Waals surface area contributed by atoms with Crippen LogP contribution in [0.1, 0.15) is 23.6 Å². The number of hydrogen-bond donors (Lipinski definition) is 3. The van der Waals surface area contributed by atoms with Gasteiger partial charge in [-0.2, -0.15) is 12.6 Å². The number of hydrogen-bond acceptors (Lipinski definition) is 3. The molecule has 0 fully saturated rings. The molecule has 2 N–H and O–H groups in total. The number of thiol groups is 1. The molecule has 1 aromatic carbocycles. The molecule has 0 aliphatic rings. The Bertz CT molecular complexity index is 497. The highest BCUT2D eigenvalue weighted by molar-refractivity contribution is 7.80. The molecule has 110 valence electrons. The minimum absolute atomic E-state index is 0.215. The molecule has 0 saturated heterocycles. The minimum Gasteiger partial charge on any atom is -0.350 e. The van der Waals surface area contributed by atoms with Crippen LogP contribution in [0.2, 0.25) is 0 Å². The van der Waals surface area contributed by atoms with E-state index in [1.54, 1.807) is 26.0 Å². The Balaban J connectivity index is 2.67. The molecular weight excluding hydrogens is 279 g/mol. The number of amides is 2. The maximum atomic E-state index is 13.5. The topological polar surface area (TPSA) is 58.2 Å². The van der Waals surface area contributed by atoms with Gasteiger partial charge in [-0.1, -0.05) is 12.1 Å². The Morgan fingerprint density at radius 2 is 1.85 bits per heavy atom. The first-order chi connectivity index (χ1) is 9.35. The summed E-state index contributed by atoms with van der Waals surface area (Å²) in [5.74, 6) is -0.610. The number of nitrogens with one attached hydrogen (secondary N) is 2. The van der Waals surface area contributed by atoms with Gasteiger partial charge in [0.05, 0.1) is 0 Å². The van der Waals surface area contributed by atoms with Crippen LogP contribution in [0.15, 0.2) is 12.1 Å². The maximum absolute atomic E-state index is 13.5. The predicted molar refractivity (Wildman–Crippen MR) is 79.2 cm³/mol. The second-order valence-corrected chi connectivity index (χ2v) is 5.06. The molecule has 4 nitrogen and oxygen atoms in total. The van der Waals surface area contributed by atoms with Gasteiger partial charge in [-0.05, 0) is 30.5 Å². The standard InChI is InChI=1S/C14H19FN2O2S/c1-8-4-11(5-9(2)13(8)15)6-16-14(19)12(7-20)17-10(3)18/h4-5,12,20H,6-7H2,1-3H3,(H,16,19)(H,17,18). The SMILES string of the molecule is CC(=O)NC(CS)C(=O)NCc1cc(C)c(F)c(C)c1. The zero-order valence-electron chi connectivity index (χ0n) is 11.8. The van der Waals surface area contributed by atoms with Crippen molar-refractivity contribution in [3.05, 3.63) is 34.6 Å². The van der Waals surface area contributed by atoms with Crippen LogP contribution in [0.4, 0.5) is 4.39 Å². The van der Waals surface area contributed by atoms with Crippen LogP contribution >= 0.6 is 12.6 Å². The summed E-state index contributed by atoms with van der Waals surface area (Å²) in [4.78, 5) is 22.8. The molecule has 0 aromatic heterocycles. The molecule has 0 bridgehead atoms. The van der Waals surface area contributed by atoms with Gasteiger partial charge in [0.1, 0.15) is 11.9 Å². The van der Waals surface area contributed by atoms with E-state index in [0.717, 1.165) is 5.56 Å². The number of rotatable bonds is 5. The molecule has 0 radical (unpaired) electrons. The molecule has 1 rings (SSSR count). The maximum Gasteiger partial charge on any atom is 0.243 e. The molecule has 0 heterocycles. The highest BCUT2D eigenvalue weighted by Gasteiger charge is 2.17. The summed E-state index contributed by atoms with van der Waals surface area (Å²) >= 11 is 4.03. The van der Waals surface area contributed by atoms with E-state index >= 15 is 0 Å². The average Bonchev–Trinajstić information content (AvgIpc) is 2.38. The molecular formula is C14H19FN2O2S. The van der Waals surface area contributed by atoms with Crippen molar-refractivity contribution in [1.29, 1.82) is 0 Å². The number of carbonyl (C=O) groups excluding carboxylic acids is 2.